The molecule has 0 heterocycles. The van der Waals surface area contributed by atoms with Crippen molar-refractivity contribution in [3.05, 3.63) is 35.3 Å². The summed E-state index contributed by atoms with van der Waals surface area (Å²) >= 11 is 5.05. The van der Waals surface area contributed by atoms with Gasteiger partial charge in [-0.3, -0.25) is 0 Å². The first-order chi connectivity index (χ1) is 6.22. The van der Waals surface area contributed by atoms with Gasteiger partial charge >= 0.3 is 0 Å². The van der Waals surface area contributed by atoms with Crippen LogP contribution in [0.15, 0.2) is 40.2 Å². The molecule has 0 bridgehead atoms. The third-order valence-electron chi connectivity index (χ3n) is 1.57. The van der Waals surface area contributed by atoms with Crippen molar-refractivity contribution < 1.29 is 0 Å². The SMILES string of the molecule is C=C(Br)CNc1ccc(SC)cc1. The number of halogens is 1. The van der Waals surface area contributed by atoms with E-state index in [1.807, 2.05) is 0 Å². The Morgan fingerprint density at radius 3 is 2.54 bits per heavy atom. The van der Waals surface area contributed by atoms with E-state index in [2.05, 4.69) is 58.3 Å². The van der Waals surface area contributed by atoms with Gasteiger partial charge < -0.3 is 5.32 Å². The lowest BCUT2D eigenvalue weighted by molar-refractivity contribution is 1.31. The van der Waals surface area contributed by atoms with Crippen LogP contribution in [-0.4, -0.2) is 12.8 Å². The number of hydrogen-bond donors (Lipinski definition) is 1. The molecule has 0 aliphatic carbocycles. The van der Waals surface area contributed by atoms with Gasteiger partial charge in [-0.15, -0.1) is 11.8 Å². The van der Waals surface area contributed by atoms with Crippen LogP contribution >= 0.6 is 27.7 Å². The average Bonchev–Trinajstić information content (AvgIpc) is 2.15. The van der Waals surface area contributed by atoms with E-state index in [-0.39, 0.29) is 0 Å². The highest BCUT2D eigenvalue weighted by molar-refractivity contribution is 9.11. The standard InChI is InChI=1S/C10H12BrNS/c1-8(11)7-12-9-3-5-10(13-2)6-4-9/h3-6,12H,1,7H2,2H3. The predicted octanol–water partition coefficient (Wildman–Crippen LogP) is 3.73. The van der Waals surface area contributed by atoms with Crippen LogP contribution in [0.1, 0.15) is 0 Å². The van der Waals surface area contributed by atoms with Crippen LogP contribution in [0.2, 0.25) is 0 Å². The largest absolute Gasteiger partial charge is 0.380 e. The van der Waals surface area contributed by atoms with E-state index in [4.69, 9.17) is 0 Å². The molecule has 0 atom stereocenters. The van der Waals surface area contributed by atoms with Crippen LogP contribution in [0.5, 0.6) is 0 Å². The third kappa shape index (κ3) is 3.87. The van der Waals surface area contributed by atoms with Crippen molar-refractivity contribution in [2.45, 2.75) is 4.90 Å². The molecule has 0 fully saturated rings. The molecule has 1 aromatic rings. The van der Waals surface area contributed by atoms with Gasteiger partial charge in [0.1, 0.15) is 0 Å². The number of thioether (sulfide) groups is 1. The van der Waals surface area contributed by atoms with E-state index in [0.29, 0.717) is 0 Å². The van der Waals surface area contributed by atoms with Crippen LogP contribution in [0.25, 0.3) is 0 Å². The molecule has 0 saturated carbocycles. The predicted molar refractivity (Wildman–Crippen MR) is 64.8 cm³/mol. The fourth-order valence-corrected chi connectivity index (χ4v) is 1.46. The molecule has 1 rings (SSSR count). The lowest BCUT2D eigenvalue weighted by Gasteiger charge is -2.05. The molecular weight excluding hydrogens is 246 g/mol. The fraction of sp³-hybridized carbons (Fsp3) is 0.200. The molecule has 0 amide bonds. The summed E-state index contributed by atoms with van der Waals surface area (Å²) in [5.74, 6) is 0. The molecule has 1 nitrogen and oxygen atoms in total. The maximum Gasteiger partial charge on any atom is 0.0460 e. The molecular formula is C10H12BrNS. The Morgan fingerprint density at radius 1 is 1.46 bits per heavy atom. The molecule has 0 unspecified atom stereocenters. The van der Waals surface area contributed by atoms with Gasteiger partial charge in [0, 0.05) is 21.6 Å². The first-order valence-electron chi connectivity index (χ1n) is 3.93. The van der Waals surface area contributed by atoms with Crippen LogP contribution < -0.4 is 5.32 Å². The molecule has 0 radical (unpaired) electrons. The summed E-state index contributed by atoms with van der Waals surface area (Å²) in [6.45, 7) is 4.52. The fourth-order valence-electron chi connectivity index (χ4n) is 0.907. The summed E-state index contributed by atoms with van der Waals surface area (Å²) in [6, 6.07) is 8.34. The quantitative estimate of drug-likeness (QED) is 0.826. The van der Waals surface area contributed by atoms with E-state index in [9.17, 15) is 0 Å². The molecule has 1 aromatic carbocycles. The molecule has 3 heteroatoms. The Labute approximate surface area is 91.7 Å². The highest BCUT2D eigenvalue weighted by atomic mass is 79.9. The Balaban J connectivity index is 2.54. The summed E-state index contributed by atoms with van der Waals surface area (Å²) in [6.07, 6.45) is 2.07. The van der Waals surface area contributed by atoms with Crippen LogP contribution in [0.4, 0.5) is 5.69 Å². The van der Waals surface area contributed by atoms with Crippen molar-refractivity contribution >= 4 is 33.4 Å². The topological polar surface area (TPSA) is 12.0 Å². The van der Waals surface area contributed by atoms with E-state index >= 15 is 0 Å². The van der Waals surface area contributed by atoms with Crippen LogP contribution in [0.3, 0.4) is 0 Å². The second-order valence-electron chi connectivity index (χ2n) is 2.60. The summed E-state index contributed by atoms with van der Waals surface area (Å²) < 4.78 is 0.960. The van der Waals surface area contributed by atoms with Gasteiger partial charge in [-0.1, -0.05) is 22.5 Å². The minimum atomic E-state index is 0.763. The average molecular weight is 258 g/mol. The Bertz CT molecular complexity index is 281. The normalized spacial score (nSPS) is 9.69. The van der Waals surface area contributed by atoms with E-state index in [1.54, 1.807) is 11.8 Å². The van der Waals surface area contributed by atoms with Crippen molar-refractivity contribution in [3.8, 4) is 0 Å². The van der Waals surface area contributed by atoms with Gasteiger partial charge in [-0.05, 0) is 30.5 Å². The zero-order valence-corrected chi connectivity index (χ0v) is 9.91. The Morgan fingerprint density at radius 2 is 2.08 bits per heavy atom. The minimum Gasteiger partial charge on any atom is -0.380 e. The van der Waals surface area contributed by atoms with Gasteiger partial charge in [0.2, 0.25) is 0 Å². The minimum absolute atomic E-state index is 0.763. The maximum atomic E-state index is 3.75. The zero-order chi connectivity index (χ0) is 9.68. The van der Waals surface area contributed by atoms with Crippen LogP contribution in [-0.2, 0) is 0 Å². The summed E-state index contributed by atoms with van der Waals surface area (Å²) in [7, 11) is 0. The Hall–Kier alpha value is -0.410. The number of anilines is 1. The summed E-state index contributed by atoms with van der Waals surface area (Å²) in [4.78, 5) is 1.28. The van der Waals surface area contributed by atoms with Gasteiger partial charge in [0.15, 0.2) is 0 Å². The van der Waals surface area contributed by atoms with Crippen molar-refractivity contribution in [3.63, 3.8) is 0 Å². The van der Waals surface area contributed by atoms with E-state index in [1.165, 1.54) is 4.90 Å². The third-order valence-corrected chi connectivity index (χ3v) is 2.60. The molecule has 13 heavy (non-hydrogen) atoms. The maximum absolute atomic E-state index is 3.75. The monoisotopic (exact) mass is 257 g/mol. The summed E-state index contributed by atoms with van der Waals surface area (Å²) in [5.41, 5.74) is 1.12. The van der Waals surface area contributed by atoms with Gasteiger partial charge in [-0.2, -0.15) is 0 Å². The molecule has 0 saturated heterocycles. The molecule has 0 aliphatic heterocycles. The smallest absolute Gasteiger partial charge is 0.0460 e. The molecule has 0 aliphatic rings. The second-order valence-corrected chi connectivity index (χ2v) is 4.60. The van der Waals surface area contributed by atoms with Crippen molar-refractivity contribution in [2.24, 2.45) is 0 Å². The first-order valence-corrected chi connectivity index (χ1v) is 5.95. The lowest BCUT2D eigenvalue weighted by atomic mass is 10.3. The molecule has 0 aromatic heterocycles. The summed E-state index contributed by atoms with van der Waals surface area (Å²) in [5, 5.41) is 3.24. The van der Waals surface area contributed by atoms with Crippen molar-refractivity contribution in [1.82, 2.24) is 0 Å². The number of nitrogens with one attached hydrogen (secondary N) is 1. The van der Waals surface area contributed by atoms with Gasteiger partial charge in [0.25, 0.3) is 0 Å². The van der Waals surface area contributed by atoms with Crippen molar-refractivity contribution in [2.75, 3.05) is 18.1 Å². The lowest BCUT2D eigenvalue weighted by Crippen LogP contribution is -1.99. The second kappa shape index (κ2) is 5.35. The van der Waals surface area contributed by atoms with Crippen LogP contribution in [0, 0.1) is 0 Å². The highest BCUT2D eigenvalue weighted by Crippen LogP contribution is 2.17. The zero-order valence-electron chi connectivity index (χ0n) is 7.51. The molecule has 1 N–H and O–H groups in total. The molecule has 0 spiro atoms. The van der Waals surface area contributed by atoms with Gasteiger partial charge in [-0.25, -0.2) is 0 Å². The number of rotatable bonds is 4. The highest BCUT2D eigenvalue weighted by Gasteiger charge is 1.92. The Kier molecular flexibility index (Phi) is 4.39. The molecule has 70 valence electrons. The van der Waals surface area contributed by atoms with E-state index < -0.39 is 0 Å². The van der Waals surface area contributed by atoms with E-state index in [0.717, 1.165) is 16.7 Å². The first kappa shape index (κ1) is 10.7. The number of benzene rings is 1. The number of hydrogen-bond acceptors (Lipinski definition) is 2. The van der Waals surface area contributed by atoms with Gasteiger partial charge in [0.05, 0.1) is 0 Å². The van der Waals surface area contributed by atoms with Crippen molar-refractivity contribution in [1.29, 1.82) is 0 Å².